The summed E-state index contributed by atoms with van der Waals surface area (Å²) >= 11 is 0. The van der Waals surface area contributed by atoms with Crippen LogP contribution in [0.15, 0.2) is 30.3 Å². The van der Waals surface area contributed by atoms with E-state index in [4.69, 9.17) is 9.47 Å². The lowest BCUT2D eigenvalue weighted by Gasteiger charge is -2.60. The summed E-state index contributed by atoms with van der Waals surface area (Å²) in [5.41, 5.74) is 1.40. The van der Waals surface area contributed by atoms with E-state index in [2.05, 4.69) is 62.9 Å². The average Bonchev–Trinajstić information content (AvgIpc) is 2.56. The van der Waals surface area contributed by atoms with Crippen LogP contribution in [0.4, 0.5) is 0 Å². The van der Waals surface area contributed by atoms with Gasteiger partial charge in [0.2, 0.25) is 0 Å². The van der Waals surface area contributed by atoms with Crippen LogP contribution < -0.4 is 0 Å². The molecule has 1 aliphatic carbocycles. The third-order valence-electron chi connectivity index (χ3n) is 6.54. The normalized spacial score (nSPS) is 42.2. The van der Waals surface area contributed by atoms with Gasteiger partial charge in [0.05, 0.1) is 12.2 Å². The van der Waals surface area contributed by atoms with Crippen LogP contribution >= 0.6 is 0 Å². The largest absolute Gasteiger partial charge is 0.365 e. The van der Waals surface area contributed by atoms with E-state index in [1.807, 2.05) is 0 Å². The van der Waals surface area contributed by atoms with E-state index in [0.717, 1.165) is 12.5 Å². The summed E-state index contributed by atoms with van der Waals surface area (Å²) in [6.07, 6.45) is 4.45. The zero-order valence-electron chi connectivity index (χ0n) is 15.4. The van der Waals surface area contributed by atoms with E-state index in [-0.39, 0.29) is 24.0 Å². The number of morpholine rings is 1. The Morgan fingerprint density at radius 2 is 1.79 bits per heavy atom. The van der Waals surface area contributed by atoms with Gasteiger partial charge in [-0.25, -0.2) is 0 Å². The van der Waals surface area contributed by atoms with Crippen molar-refractivity contribution in [1.29, 1.82) is 0 Å². The van der Waals surface area contributed by atoms with Crippen LogP contribution in [0.2, 0.25) is 0 Å². The van der Waals surface area contributed by atoms with Gasteiger partial charge in [-0.05, 0) is 45.1 Å². The molecule has 0 unspecified atom stereocenters. The van der Waals surface area contributed by atoms with Crippen molar-refractivity contribution >= 4 is 0 Å². The Morgan fingerprint density at radius 1 is 1.04 bits per heavy atom. The van der Waals surface area contributed by atoms with Gasteiger partial charge in [0.25, 0.3) is 0 Å². The molecule has 3 aliphatic rings. The monoisotopic (exact) mass is 329 g/mol. The molecule has 3 nitrogen and oxygen atoms in total. The van der Waals surface area contributed by atoms with Crippen molar-refractivity contribution in [3.05, 3.63) is 35.9 Å². The summed E-state index contributed by atoms with van der Waals surface area (Å²) in [5.74, 6) is 1.40. The molecule has 1 aromatic rings. The third-order valence-corrected chi connectivity index (χ3v) is 6.54. The molecular weight excluding hydrogens is 298 g/mol. The molecule has 1 saturated carbocycles. The lowest BCUT2D eigenvalue weighted by atomic mass is 9.69. The van der Waals surface area contributed by atoms with Crippen LogP contribution in [0.3, 0.4) is 0 Å². The van der Waals surface area contributed by atoms with Gasteiger partial charge in [-0.1, -0.05) is 43.7 Å². The first kappa shape index (κ1) is 16.6. The number of ether oxygens (including phenoxy) is 2. The molecule has 4 rings (SSSR count). The van der Waals surface area contributed by atoms with Crippen LogP contribution in [0.1, 0.15) is 58.6 Å². The maximum Gasteiger partial charge on any atom is 0.142 e. The molecule has 0 N–H and O–H groups in total. The first-order chi connectivity index (χ1) is 11.5. The zero-order valence-corrected chi connectivity index (χ0v) is 15.4. The Labute approximate surface area is 146 Å². The number of rotatable bonds is 1. The molecule has 2 aliphatic heterocycles. The number of hydrogen-bond donors (Lipinski definition) is 0. The van der Waals surface area contributed by atoms with E-state index >= 15 is 0 Å². The molecule has 0 amide bonds. The van der Waals surface area contributed by atoms with E-state index in [1.165, 1.54) is 24.8 Å². The predicted octanol–water partition coefficient (Wildman–Crippen LogP) is 4.39. The first-order valence-electron chi connectivity index (χ1n) is 9.59. The quantitative estimate of drug-likeness (QED) is 0.763. The number of fused-ring (bicyclic) bond motifs is 2. The SMILES string of the molecule is C[C@@H]1CC[C@@H]2[C@@H](C1)O[C@H]1[C@H](c3ccccc3)O[C@H](C)CN1C2(C)C. The summed E-state index contributed by atoms with van der Waals surface area (Å²) in [6.45, 7) is 10.4. The molecule has 0 bridgehead atoms. The molecule has 0 spiro atoms. The van der Waals surface area contributed by atoms with Crippen LogP contribution in [-0.2, 0) is 9.47 Å². The van der Waals surface area contributed by atoms with Crippen LogP contribution in [-0.4, -0.2) is 35.4 Å². The van der Waals surface area contributed by atoms with Gasteiger partial charge in [0.1, 0.15) is 12.3 Å². The van der Waals surface area contributed by atoms with Crippen molar-refractivity contribution in [2.75, 3.05) is 6.54 Å². The second-order valence-electron chi connectivity index (χ2n) is 8.67. The first-order valence-corrected chi connectivity index (χ1v) is 9.59. The molecule has 3 fully saturated rings. The molecule has 24 heavy (non-hydrogen) atoms. The fourth-order valence-electron chi connectivity index (χ4n) is 5.18. The lowest BCUT2D eigenvalue weighted by molar-refractivity contribution is -0.303. The molecule has 2 heterocycles. The van der Waals surface area contributed by atoms with Crippen molar-refractivity contribution in [1.82, 2.24) is 4.90 Å². The highest BCUT2D eigenvalue weighted by Gasteiger charge is 2.54. The van der Waals surface area contributed by atoms with Crippen molar-refractivity contribution < 1.29 is 9.47 Å². The van der Waals surface area contributed by atoms with Gasteiger partial charge >= 0.3 is 0 Å². The minimum Gasteiger partial charge on any atom is -0.365 e. The highest BCUT2D eigenvalue weighted by atomic mass is 16.6. The minimum absolute atomic E-state index is 0.00686. The lowest BCUT2D eigenvalue weighted by Crippen LogP contribution is -2.69. The average molecular weight is 329 g/mol. The predicted molar refractivity (Wildman–Crippen MR) is 95.7 cm³/mol. The maximum absolute atomic E-state index is 6.72. The molecule has 3 heteroatoms. The summed E-state index contributed by atoms with van der Waals surface area (Å²) < 4.78 is 13.1. The van der Waals surface area contributed by atoms with E-state index in [0.29, 0.717) is 12.0 Å². The third kappa shape index (κ3) is 2.71. The van der Waals surface area contributed by atoms with Crippen LogP contribution in [0, 0.1) is 11.8 Å². The topological polar surface area (TPSA) is 21.7 Å². The highest BCUT2D eigenvalue weighted by Crippen LogP contribution is 2.49. The summed E-state index contributed by atoms with van der Waals surface area (Å²) in [4.78, 5) is 2.59. The maximum atomic E-state index is 6.72. The second-order valence-corrected chi connectivity index (χ2v) is 8.67. The fourth-order valence-corrected chi connectivity index (χ4v) is 5.18. The van der Waals surface area contributed by atoms with Gasteiger partial charge < -0.3 is 9.47 Å². The van der Waals surface area contributed by atoms with Gasteiger partial charge in [-0.15, -0.1) is 0 Å². The fraction of sp³-hybridized carbons (Fsp3) is 0.714. The number of hydrogen-bond acceptors (Lipinski definition) is 3. The van der Waals surface area contributed by atoms with Crippen molar-refractivity contribution in [2.24, 2.45) is 11.8 Å². The van der Waals surface area contributed by atoms with Gasteiger partial charge in [-0.3, -0.25) is 4.90 Å². The molecular formula is C21H31NO2. The standard InChI is InChI=1S/C21H31NO2/c1-14-10-11-17-18(12-14)24-20-19(16-8-6-5-7-9-16)23-15(2)13-22(20)21(17,3)4/h5-9,14-15,17-20H,10-13H2,1-4H3/t14-,15-,17-,18-,19+,20+/m1/s1. The highest BCUT2D eigenvalue weighted by molar-refractivity contribution is 5.20. The summed E-state index contributed by atoms with van der Waals surface area (Å²) in [5, 5.41) is 0. The Bertz CT molecular complexity index is 572. The molecule has 6 atom stereocenters. The van der Waals surface area contributed by atoms with Gasteiger partial charge in [0, 0.05) is 18.0 Å². The summed E-state index contributed by atoms with van der Waals surface area (Å²) in [7, 11) is 0. The van der Waals surface area contributed by atoms with Gasteiger partial charge in [-0.2, -0.15) is 0 Å². The Hall–Kier alpha value is -0.900. The van der Waals surface area contributed by atoms with Crippen molar-refractivity contribution in [3.63, 3.8) is 0 Å². The van der Waals surface area contributed by atoms with E-state index < -0.39 is 0 Å². The Morgan fingerprint density at radius 3 is 2.54 bits per heavy atom. The van der Waals surface area contributed by atoms with Crippen molar-refractivity contribution in [3.8, 4) is 0 Å². The van der Waals surface area contributed by atoms with Gasteiger partial charge in [0.15, 0.2) is 0 Å². The molecule has 0 radical (unpaired) electrons. The Balaban J connectivity index is 1.68. The molecule has 132 valence electrons. The molecule has 0 aromatic heterocycles. The number of nitrogens with zero attached hydrogens (tertiary/aromatic N) is 1. The second kappa shape index (κ2) is 6.12. The van der Waals surface area contributed by atoms with Crippen LogP contribution in [0.25, 0.3) is 0 Å². The summed E-state index contributed by atoms with van der Waals surface area (Å²) in [6, 6.07) is 10.6. The van der Waals surface area contributed by atoms with E-state index in [9.17, 15) is 0 Å². The number of benzene rings is 1. The van der Waals surface area contributed by atoms with Crippen LogP contribution in [0.5, 0.6) is 0 Å². The Kier molecular flexibility index (Phi) is 4.22. The van der Waals surface area contributed by atoms with Crippen molar-refractivity contribution in [2.45, 2.75) is 77.0 Å². The smallest absolute Gasteiger partial charge is 0.142 e. The zero-order chi connectivity index (χ0) is 16.9. The molecule has 1 aromatic carbocycles. The minimum atomic E-state index is 0.00686. The van der Waals surface area contributed by atoms with E-state index in [1.54, 1.807) is 0 Å². The molecule has 2 saturated heterocycles.